The summed E-state index contributed by atoms with van der Waals surface area (Å²) in [5, 5.41) is 13.3. The molecule has 0 aliphatic carbocycles. The van der Waals surface area contributed by atoms with E-state index < -0.39 is 0 Å². The van der Waals surface area contributed by atoms with Crippen molar-refractivity contribution in [1.29, 1.82) is 0 Å². The van der Waals surface area contributed by atoms with Crippen LogP contribution in [-0.4, -0.2) is 48.3 Å². The van der Waals surface area contributed by atoms with E-state index in [0.717, 1.165) is 19.5 Å². The second-order valence-corrected chi connectivity index (χ2v) is 6.00. The first kappa shape index (κ1) is 15.5. The summed E-state index contributed by atoms with van der Waals surface area (Å²) in [6, 6.07) is 11.1. The molecule has 1 aliphatic rings. The van der Waals surface area contributed by atoms with Crippen LogP contribution in [0.25, 0.3) is 0 Å². The molecule has 0 spiro atoms. The molecule has 112 valence electrons. The van der Waals surface area contributed by atoms with Gasteiger partial charge in [-0.1, -0.05) is 44.2 Å². The summed E-state index contributed by atoms with van der Waals surface area (Å²) in [6.45, 7) is 8.22. The van der Waals surface area contributed by atoms with E-state index in [1.165, 1.54) is 18.5 Å². The minimum absolute atomic E-state index is 0.165. The molecular formula is C17H28N2O. The number of nitrogens with zero attached hydrogens (tertiary/aromatic N) is 1. The molecule has 1 heterocycles. The number of hydrogen-bond donors (Lipinski definition) is 2. The molecule has 1 aromatic rings. The van der Waals surface area contributed by atoms with Gasteiger partial charge in [0.25, 0.3) is 0 Å². The molecule has 20 heavy (non-hydrogen) atoms. The van der Waals surface area contributed by atoms with Gasteiger partial charge in [-0.15, -0.1) is 0 Å². The molecule has 0 bridgehead atoms. The van der Waals surface area contributed by atoms with Crippen molar-refractivity contribution in [2.24, 2.45) is 5.92 Å². The summed E-state index contributed by atoms with van der Waals surface area (Å²) >= 11 is 0. The minimum atomic E-state index is 0.165. The Balaban J connectivity index is 1.87. The van der Waals surface area contributed by atoms with E-state index in [-0.39, 0.29) is 12.6 Å². The maximum absolute atomic E-state index is 9.63. The van der Waals surface area contributed by atoms with Crippen LogP contribution in [-0.2, 0) is 6.42 Å². The highest BCUT2D eigenvalue weighted by Crippen LogP contribution is 2.17. The molecule has 0 amide bonds. The predicted molar refractivity (Wildman–Crippen MR) is 83.8 cm³/mol. The quantitative estimate of drug-likeness (QED) is 0.833. The van der Waals surface area contributed by atoms with Gasteiger partial charge >= 0.3 is 0 Å². The third-order valence-electron chi connectivity index (χ3n) is 4.43. The minimum Gasteiger partial charge on any atom is -0.395 e. The normalized spacial score (nSPS) is 25.6. The van der Waals surface area contributed by atoms with Crippen LogP contribution >= 0.6 is 0 Å². The molecule has 2 N–H and O–H groups in total. The van der Waals surface area contributed by atoms with E-state index in [9.17, 15) is 5.11 Å². The van der Waals surface area contributed by atoms with Gasteiger partial charge in [-0.2, -0.15) is 0 Å². The largest absolute Gasteiger partial charge is 0.395 e. The molecule has 3 heteroatoms. The molecule has 0 radical (unpaired) electrons. The highest BCUT2D eigenvalue weighted by Gasteiger charge is 2.26. The van der Waals surface area contributed by atoms with Crippen molar-refractivity contribution in [3.8, 4) is 0 Å². The Kier molecular flexibility index (Phi) is 6.02. The van der Waals surface area contributed by atoms with Gasteiger partial charge in [-0.05, 0) is 37.4 Å². The standard InChI is InChI=1S/C17H28N2O/c1-3-19-10-9-17(14(2)12-19)18-16(13-20)11-15-7-5-4-6-8-15/h4-8,14,16-18,20H,3,9-13H2,1-2H3/t14-,16+,17-/m0/s1. The number of piperidine rings is 1. The van der Waals surface area contributed by atoms with E-state index in [4.69, 9.17) is 0 Å². The summed E-state index contributed by atoms with van der Waals surface area (Å²) in [7, 11) is 0. The summed E-state index contributed by atoms with van der Waals surface area (Å²) < 4.78 is 0. The summed E-state index contributed by atoms with van der Waals surface area (Å²) in [6.07, 6.45) is 2.08. The first-order valence-electron chi connectivity index (χ1n) is 7.86. The highest BCUT2D eigenvalue weighted by molar-refractivity contribution is 5.16. The molecule has 2 rings (SSSR count). The molecule has 3 atom stereocenters. The predicted octanol–water partition coefficient (Wildman–Crippen LogP) is 1.91. The van der Waals surface area contributed by atoms with Crippen LogP contribution in [0.3, 0.4) is 0 Å². The van der Waals surface area contributed by atoms with Gasteiger partial charge < -0.3 is 15.3 Å². The lowest BCUT2D eigenvalue weighted by Crippen LogP contribution is -2.52. The number of aliphatic hydroxyl groups excluding tert-OH is 1. The number of aliphatic hydroxyl groups is 1. The zero-order valence-electron chi connectivity index (χ0n) is 12.8. The first-order chi connectivity index (χ1) is 9.72. The first-order valence-corrected chi connectivity index (χ1v) is 7.86. The van der Waals surface area contributed by atoms with Crippen LogP contribution in [0.1, 0.15) is 25.8 Å². The van der Waals surface area contributed by atoms with Crippen molar-refractivity contribution in [3.63, 3.8) is 0 Å². The number of likely N-dealkylation sites (tertiary alicyclic amines) is 1. The zero-order chi connectivity index (χ0) is 14.4. The molecule has 1 aromatic carbocycles. The number of nitrogens with one attached hydrogen (secondary N) is 1. The van der Waals surface area contributed by atoms with Crippen molar-refractivity contribution < 1.29 is 5.11 Å². The van der Waals surface area contributed by atoms with Crippen LogP contribution in [0, 0.1) is 5.92 Å². The molecule has 1 aliphatic heterocycles. The van der Waals surface area contributed by atoms with Crippen LogP contribution in [0.2, 0.25) is 0 Å². The summed E-state index contributed by atoms with van der Waals surface area (Å²) in [4.78, 5) is 2.51. The van der Waals surface area contributed by atoms with Crippen molar-refractivity contribution in [1.82, 2.24) is 10.2 Å². The van der Waals surface area contributed by atoms with E-state index in [0.29, 0.717) is 12.0 Å². The van der Waals surface area contributed by atoms with Gasteiger partial charge in [0.15, 0.2) is 0 Å². The van der Waals surface area contributed by atoms with E-state index in [1.807, 2.05) is 6.07 Å². The van der Waals surface area contributed by atoms with Gasteiger partial charge in [0, 0.05) is 18.6 Å². The molecule has 1 saturated heterocycles. The highest BCUT2D eigenvalue weighted by atomic mass is 16.3. The van der Waals surface area contributed by atoms with E-state index in [2.05, 4.69) is 48.3 Å². The maximum Gasteiger partial charge on any atom is 0.0587 e. The summed E-state index contributed by atoms with van der Waals surface area (Å²) in [5.41, 5.74) is 1.29. The number of hydrogen-bond acceptors (Lipinski definition) is 3. The fraction of sp³-hybridized carbons (Fsp3) is 0.647. The van der Waals surface area contributed by atoms with Crippen LogP contribution < -0.4 is 5.32 Å². The fourth-order valence-corrected chi connectivity index (χ4v) is 3.14. The second-order valence-electron chi connectivity index (χ2n) is 6.00. The average Bonchev–Trinajstić information content (AvgIpc) is 2.49. The monoisotopic (exact) mass is 276 g/mol. The Labute approximate surface area is 123 Å². The van der Waals surface area contributed by atoms with Crippen molar-refractivity contribution in [3.05, 3.63) is 35.9 Å². The third kappa shape index (κ3) is 4.30. The van der Waals surface area contributed by atoms with E-state index >= 15 is 0 Å². The lowest BCUT2D eigenvalue weighted by Gasteiger charge is -2.38. The summed E-state index contributed by atoms with van der Waals surface area (Å²) in [5.74, 6) is 0.647. The maximum atomic E-state index is 9.63. The Morgan fingerprint density at radius 2 is 2.10 bits per heavy atom. The van der Waals surface area contributed by atoms with Crippen LogP contribution in [0.15, 0.2) is 30.3 Å². The lowest BCUT2D eigenvalue weighted by atomic mass is 9.92. The molecule has 1 fully saturated rings. The zero-order valence-corrected chi connectivity index (χ0v) is 12.8. The van der Waals surface area contributed by atoms with Crippen molar-refractivity contribution in [2.75, 3.05) is 26.2 Å². The topological polar surface area (TPSA) is 35.5 Å². The average molecular weight is 276 g/mol. The molecule has 0 unspecified atom stereocenters. The van der Waals surface area contributed by atoms with Crippen molar-refractivity contribution in [2.45, 2.75) is 38.8 Å². The van der Waals surface area contributed by atoms with Gasteiger partial charge in [-0.3, -0.25) is 0 Å². The molecule has 3 nitrogen and oxygen atoms in total. The lowest BCUT2D eigenvalue weighted by molar-refractivity contribution is 0.133. The Bertz CT molecular complexity index is 382. The molecule has 0 aromatic heterocycles. The van der Waals surface area contributed by atoms with Gasteiger partial charge in [0.05, 0.1) is 6.61 Å². The van der Waals surface area contributed by atoms with Gasteiger partial charge in [-0.25, -0.2) is 0 Å². The fourth-order valence-electron chi connectivity index (χ4n) is 3.14. The Morgan fingerprint density at radius 1 is 1.35 bits per heavy atom. The number of rotatable bonds is 6. The number of benzene rings is 1. The smallest absolute Gasteiger partial charge is 0.0587 e. The Hall–Kier alpha value is -0.900. The van der Waals surface area contributed by atoms with E-state index in [1.54, 1.807) is 0 Å². The van der Waals surface area contributed by atoms with Gasteiger partial charge in [0.2, 0.25) is 0 Å². The molecule has 0 saturated carbocycles. The van der Waals surface area contributed by atoms with Crippen LogP contribution in [0.4, 0.5) is 0 Å². The van der Waals surface area contributed by atoms with Crippen molar-refractivity contribution >= 4 is 0 Å². The molecular weight excluding hydrogens is 248 g/mol. The second kappa shape index (κ2) is 7.77. The van der Waals surface area contributed by atoms with Crippen LogP contribution in [0.5, 0.6) is 0 Å². The SMILES string of the molecule is CCN1CC[C@H](N[C@@H](CO)Cc2ccccc2)[C@@H](C)C1. The Morgan fingerprint density at radius 3 is 2.70 bits per heavy atom. The third-order valence-corrected chi connectivity index (χ3v) is 4.43. The van der Waals surface area contributed by atoms with Gasteiger partial charge in [0.1, 0.15) is 0 Å².